The van der Waals surface area contributed by atoms with Crippen LogP contribution in [0.15, 0.2) is 95.7 Å². The Bertz CT molecular complexity index is 1390. The van der Waals surface area contributed by atoms with Crippen LogP contribution >= 0.6 is 28.1 Å². The van der Waals surface area contributed by atoms with Crippen LogP contribution in [0.25, 0.3) is 5.69 Å². The van der Waals surface area contributed by atoms with E-state index in [9.17, 15) is 4.79 Å². The first-order valence-corrected chi connectivity index (χ1v) is 13.1. The SMILES string of the molecule is COc1ccccc1NC(=O)CCN1C(=S)NC(c2ccccn2)C1c1cccn1-c1ccc(Br)cc1. The highest BCUT2D eigenvalue weighted by atomic mass is 79.9. The van der Waals surface area contributed by atoms with Crippen LogP contribution in [0.2, 0.25) is 0 Å². The third-order valence-electron chi connectivity index (χ3n) is 6.35. The van der Waals surface area contributed by atoms with Crippen LogP contribution in [0.1, 0.15) is 29.9 Å². The molecule has 9 heteroatoms. The summed E-state index contributed by atoms with van der Waals surface area (Å²) in [7, 11) is 1.59. The van der Waals surface area contributed by atoms with Gasteiger partial charge in [0.1, 0.15) is 5.75 Å². The zero-order valence-electron chi connectivity index (χ0n) is 20.2. The van der Waals surface area contributed by atoms with E-state index in [1.165, 1.54) is 0 Å². The number of nitrogens with one attached hydrogen (secondary N) is 2. The molecule has 7 nitrogen and oxygen atoms in total. The van der Waals surface area contributed by atoms with E-state index in [1.807, 2.05) is 66.9 Å². The number of hydrogen-bond acceptors (Lipinski definition) is 4. The highest BCUT2D eigenvalue weighted by molar-refractivity contribution is 9.10. The van der Waals surface area contributed by atoms with E-state index in [1.54, 1.807) is 13.3 Å². The number of methoxy groups -OCH3 is 1. The molecule has 0 spiro atoms. The minimum Gasteiger partial charge on any atom is -0.495 e. The first kappa shape index (κ1) is 25.0. The summed E-state index contributed by atoms with van der Waals surface area (Å²) in [5.41, 5.74) is 3.62. The number of amides is 1. The topological polar surface area (TPSA) is 71.4 Å². The van der Waals surface area contributed by atoms with Gasteiger partial charge < -0.3 is 24.8 Å². The maximum Gasteiger partial charge on any atom is 0.226 e. The quantitative estimate of drug-likeness (QED) is 0.265. The lowest BCUT2D eigenvalue weighted by molar-refractivity contribution is -0.116. The molecule has 2 N–H and O–H groups in total. The van der Waals surface area contributed by atoms with Gasteiger partial charge in [0.2, 0.25) is 5.91 Å². The van der Waals surface area contributed by atoms with E-state index < -0.39 is 0 Å². The predicted octanol–water partition coefficient (Wildman–Crippen LogP) is 5.64. The predicted molar refractivity (Wildman–Crippen MR) is 152 cm³/mol. The van der Waals surface area contributed by atoms with Gasteiger partial charge in [-0.25, -0.2) is 0 Å². The summed E-state index contributed by atoms with van der Waals surface area (Å²) >= 11 is 9.31. The average molecular weight is 577 g/mol. The van der Waals surface area contributed by atoms with Crippen molar-refractivity contribution < 1.29 is 9.53 Å². The van der Waals surface area contributed by atoms with E-state index in [4.69, 9.17) is 17.0 Å². The first-order chi connectivity index (χ1) is 18.0. The molecule has 2 unspecified atom stereocenters. The number of ether oxygens (including phenoxy) is 1. The van der Waals surface area contributed by atoms with E-state index in [0.717, 1.165) is 21.5 Å². The summed E-state index contributed by atoms with van der Waals surface area (Å²) in [5.74, 6) is 0.505. The lowest BCUT2D eigenvalue weighted by Crippen LogP contribution is -2.33. The first-order valence-electron chi connectivity index (χ1n) is 11.9. The van der Waals surface area contributed by atoms with Gasteiger partial charge in [-0.15, -0.1) is 0 Å². The second-order valence-corrected chi connectivity index (χ2v) is 9.90. The molecule has 1 amide bonds. The van der Waals surface area contributed by atoms with Gasteiger partial charge in [-0.1, -0.05) is 34.1 Å². The van der Waals surface area contributed by atoms with Crippen molar-refractivity contribution in [3.8, 4) is 11.4 Å². The molecule has 37 heavy (non-hydrogen) atoms. The standard InChI is InChI=1S/C28H26BrN5O2S/c1-36-24-10-3-2-7-21(24)31-25(35)15-18-34-27(26(32-28(34)37)22-8-4-5-16-30-22)23-9-6-17-33(23)20-13-11-19(29)12-14-20/h2-14,16-17,26-27H,15,18H2,1H3,(H,31,35)(H,32,37). The number of nitrogens with zero attached hydrogens (tertiary/aromatic N) is 3. The molecule has 1 fully saturated rings. The number of halogens is 1. The molecule has 1 aliphatic rings. The van der Waals surface area contributed by atoms with Crippen LogP contribution in [0.4, 0.5) is 5.69 Å². The minimum atomic E-state index is -0.171. The number of carbonyl (C=O) groups excluding carboxylic acids is 1. The zero-order valence-corrected chi connectivity index (χ0v) is 22.6. The second-order valence-electron chi connectivity index (χ2n) is 8.60. The summed E-state index contributed by atoms with van der Waals surface area (Å²) in [4.78, 5) is 19.6. The molecule has 1 saturated heterocycles. The van der Waals surface area contributed by atoms with Crippen LogP contribution < -0.4 is 15.4 Å². The largest absolute Gasteiger partial charge is 0.495 e. The number of aromatic nitrogens is 2. The zero-order chi connectivity index (χ0) is 25.8. The number of benzene rings is 2. The van der Waals surface area contributed by atoms with Gasteiger partial charge in [0.25, 0.3) is 0 Å². The van der Waals surface area contributed by atoms with Gasteiger partial charge in [-0.3, -0.25) is 9.78 Å². The van der Waals surface area contributed by atoms with Crippen LogP contribution in [0, 0.1) is 0 Å². The average Bonchev–Trinajstić information content (AvgIpc) is 3.53. The van der Waals surface area contributed by atoms with Crippen LogP contribution in [-0.4, -0.2) is 39.1 Å². The van der Waals surface area contributed by atoms with E-state index in [2.05, 4.69) is 59.2 Å². The lowest BCUT2D eigenvalue weighted by atomic mass is 10.0. The van der Waals surface area contributed by atoms with Crippen molar-refractivity contribution in [1.29, 1.82) is 0 Å². The molecule has 0 bridgehead atoms. The Balaban J connectivity index is 1.43. The van der Waals surface area contributed by atoms with Crippen molar-refractivity contribution in [2.24, 2.45) is 0 Å². The normalized spacial score (nSPS) is 16.9. The fraction of sp³-hybridized carbons (Fsp3) is 0.179. The molecule has 0 saturated carbocycles. The van der Waals surface area contributed by atoms with Crippen LogP contribution in [-0.2, 0) is 4.79 Å². The van der Waals surface area contributed by atoms with Crippen molar-refractivity contribution in [2.45, 2.75) is 18.5 Å². The highest BCUT2D eigenvalue weighted by Gasteiger charge is 2.41. The molecule has 2 atom stereocenters. The fourth-order valence-corrected chi connectivity index (χ4v) is 5.22. The molecule has 4 aromatic rings. The number of hydrogen-bond donors (Lipinski definition) is 2. The molecule has 1 aliphatic heterocycles. The van der Waals surface area contributed by atoms with Crippen molar-refractivity contribution in [3.63, 3.8) is 0 Å². The minimum absolute atomic E-state index is 0.115. The second kappa shape index (κ2) is 11.1. The van der Waals surface area contributed by atoms with E-state index in [0.29, 0.717) is 23.1 Å². The van der Waals surface area contributed by atoms with Gasteiger partial charge in [-0.05, 0) is 72.9 Å². The summed E-state index contributed by atoms with van der Waals surface area (Å²) in [6, 6.07) is 25.2. The van der Waals surface area contributed by atoms with Crippen molar-refractivity contribution in [1.82, 2.24) is 19.8 Å². The Labute approximate surface area is 229 Å². The lowest BCUT2D eigenvalue weighted by Gasteiger charge is -2.29. The number of thiocarbonyl (C=S) groups is 1. The third kappa shape index (κ3) is 5.38. The van der Waals surface area contributed by atoms with Gasteiger partial charge in [0.05, 0.1) is 30.6 Å². The van der Waals surface area contributed by atoms with Crippen LogP contribution in [0.3, 0.4) is 0 Å². The van der Waals surface area contributed by atoms with Gasteiger partial charge in [-0.2, -0.15) is 0 Å². The Morgan fingerprint density at radius 3 is 2.62 bits per heavy atom. The van der Waals surface area contributed by atoms with Gasteiger partial charge >= 0.3 is 0 Å². The molecule has 2 aromatic heterocycles. The number of rotatable bonds is 8. The molecule has 5 rings (SSSR count). The van der Waals surface area contributed by atoms with Crippen molar-refractivity contribution in [2.75, 3.05) is 19.0 Å². The maximum absolute atomic E-state index is 12.9. The molecular weight excluding hydrogens is 550 g/mol. The summed E-state index contributed by atoms with van der Waals surface area (Å²) in [5, 5.41) is 7.01. The Kier molecular flexibility index (Phi) is 7.52. The molecule has 2 aromatic carbocycles. The molecule has 188 valence electrons. The Morgan fingerprint density at radius 1 is 1.08 bits per heavy atom. The summed E-state index contributed by atoms with van der Waals surface area (Å²) < 4.78 is 8.54. The molecule has 3 heterocycles. The Hall–Kier alpha value is -3.69. The third-order valence-corrected chi connectivity index (χ3v) is 7.23. The smallest absolute Gasteiger partial charge is 0.226 e. The number of anilines is 1. The van der Waals surface area contributed by atoms with Gasteiger partial charge in [0, 0.05) is 41.2 Å². The Morgan fingerprint density at radius 2 is 1.86 bits per heavy atom. The van der Waals surface area contributed by atoms with Gasteiger partial charge in [0.15, 0.2) is 5.11 Å². The molecule has 0 aliphatic carbocycles. The highest BCUT2D eigenvalue weighted by Crippen LogP contribution is 2.39. The summed E-state index contributed by atoms with van der Waals surface area (Å²) in [6.45, 7) is 0.437. The van der Waals surface area contributed by atoms with E-state index >= 15 is 0 Å². The van der Waals surface area contributed by atoms with E-state index in [-0.39, 0.29) is 24.4 Å². The van der Waals surface area contributed by atoms with Crippen molar-refractivity contribution >= 4 is 44.9 Å². The van der Waals surface area contributed by atoms with Crippen molar-refractivity contribution in [3.05, 3.63) is 107 Å². The molecular formula is C28H26BrN5O2S. The number of pyridine rings is 1. The fourth-order valence-electron chi connectivity index (χ4n) is 4.62. The monoisotopic (exact) mass is 575 g/mol. The maximum atomic E-state index is 12.9. The van der Waals surface area contributed by atoms with Crippen LogP contribution in [0.5, 0.6) is 5.75 Å². The summed E-state index contributed by atoms with van der Waals surface area (Å²) in [6.07, 6.45) is 4.08. The number of para-hydroxylation sites is 2. The number of carbonyl (C=O) groups is 1. The molecule has 0 radical (unpaired) electrons.